The molecule has 0 amide bonds. The second-order valence-electron chi connectivity index (χ2n) is 4.52. The molecule has 0 saturated heterocycles. The molecule has 0 aromatic carbocycles. The SMILES string of the molecule is CCOC(=O)Cn1cc2c(c1)CNCC2.O=C(O)C(F)(F)F. The van der Waals surface area contributed by atoms with Gasteiger partial charge in [0.2, 0.25) is 0 Å². The lowest BCUT2D eigenvalue weighted by molar-refractivity contribution is -0.192. The smallest absolute Gasteiger partial charge is 0.475 e. The number of aromatic nitrogens is 1. The van der Waals surface area contributed by atoms with E-state index >= 15 is 0 Å². The molecule has 1 aromatic rings. The summed E-state index contributed by atoms with van der Waals surface area (Å²) in [7, 11) is 0. The summed E-state index contributed by atoms with van der Waals surface area (Å²) in [6.07, 6.45) is 0.0384. The lowest BCUT2D eigenvalue weighted by Gasteiger charge is -2.10. The minimum atomic E-state index is -5.08. The van der Waals surface area contributed by atoms with Crippen molar-refractivity contribution in [3.8, 4) is 0 Å². The van der Waals surface area contributed by atoms with Gasteiger partial charge in [-0.2, -0.15) is 13.2 Å². The maximum Gasteiger partial charge on any atom is 0.490 e. The van der Waals surface area contributed by atoms with Gasteiger partial charge in [0.05, 0.1) is 6.61 Å². The van der Waals surface area contributed by atoms with Crippen LogP contribution in [0.5, 0.6) is 0 Å². The number of carbonyl (C=O) groups is 2. The summed E-state index contributed by atoms with van der Waals surface area (Å²) in [5.74, 6) is -2.93. The van der Waals surface area contributed by atoms with E-state index in [1.165, 1.54) is 11.1 Å². The largest absolute Gasteiger partial charge is 0.490 e. The maximum atomic E-state index is 11.3. The zero-order valence-electron chi connectivity index (χ0n) is 11.9. The minimum Gasteiger partial charge on any atom is -0.475 e. The monoisotopic (exact) mass is 322 g/mol. The number of carboxylic acids is 1. The molecule has 0 atom stereocenters. The van der Waals surface area contributed by atoms with Crippen molar-refractivity contribution in [3.05, 3.63) is 23.5 Å². The standard InChI is InChI=1S/C11H16N2O2.C2HF3O2/c1-2-15-11(14)8-13-6-9-3-4-12-5-10(9)7-13;3-2(4,5)1(6)7/h6-7,12H,2-5,8H2,1H3;(H,6,7). The molecule has 0 saturated carbocycles. The number of alkyl halides is 3. The van der Waals surface area contributed by atoms with Crippen molar-refractivity contribution in [2.75, 3.05) is 13.2 Å². The van der Waals surface area contributed by atoms with Crippen LogP contribution in [0.1, 0.15) is 18.1 Å². The Morgan fingerprint density at radius 3 is 2.45 bits per heavy atom. The normalized spacial score (nSPS) is 13.6. The number of carboxylic acid groups (broad SMARTS) is 1. The van der Waals surface area contributed by atoms with E-state index in [4.69, 9.17) is 14.6 Å². The van der Waals surface area contributed by atoms with Gasteiger partial charge in [-0.15, -0.1) is 0 Å². The fourth-order valence-electron chi connectivity index (χ4n) is 1.88. The lowest BCUT2D eigenvalue weighted by Crippen LogP contribution is -2.22. The van der Waals surface area contributed by atoms with E-state index in [-0.39, 0.29) is 5.97 Å². The average molecular weight is 322 g/mol. The van der Waals surface area contributed by atoms with Crippen molar-refractivity contribution in [2.24, 2.45) is 0 Å². The molecule has 2 rings (SSSR count). The molecule has 124 valence electrons. The van der Waals surface area contributed by atoms with E-state index in [2.05, 4.69) is 5.32 Å². The summed E-state index contributed by atoms with van der Waals surface area (Å²) >= 11 is 0. The highest BCUT2D eigenvalue weighted by atomic mass is 19.4. The van der Waals surface area contributed by atoms with Crippen LogP contribution in [0.15, 0.2) is 12.4 Å². The molecule has 22 heavy (non-hydrogen) atoms. The van der Waals surface area contributed by atoms with Gasteiger partial charge in [-0.25, -0.2) is 4.79 Å². The number of rotatable bonds is 3. The Labute approximate surface area is 124 Å². The highest BCUT2D eigenvalue weighted by Crippen LogP contribution is 2.14. The van der Waals surface area contributed by atoms with Crippen LogP contribution in [-0.4, -0.2) is 40.9 Å². The van der Waals surface area contributed by atoms with E-state index in [0.29, 0.717) is 13.2 Å². The van der Waals surface area contributed by atoms with Crippen LogP contribution < -0.4 is 5.32 Å². The topological polar surface area (TPSA) is 80.6 Å². The predicted molar refractivity (Wildman–Crippen MR) is 70.2 cm³/mol. The first-order valence-electron chi connectivity index (χ1n) is 6.58. The Hall–Kier alpha value is -2.03. The highest BCUT2D eigenvalue weighted by molar-refractivity contribution is 5.73. The van der Waals surface area contributed by atoms with Crippen molar-refractivity contribution in [3.63, 3.8) is 0 Å². The van der Waals surface area contributed by atoms with Crippen molar-refractivity contribution < 1.29 is 32.6 Å². The molecule has 0 fully saturated rings. The van der Waals surface area contributed by atoms with Gasteiger partial charge in [-0.05, 0) is 31.0 Å². The molecule has 6 nitrogen and oxygen atoms in total. The average Bonchev–Trinajstić information content (AvgIpc) is 2.80. The molecule has 2 N–H and O–H groups in total. The van der Waals surface area contributed by atoms with Crippen LogP contribution in [0.25, 0.3) is 0 Å². The fourth-order valence-corrected chi connectivity index (χ4v) is 1.88. The second-order valence-corrected chi connectivity index (χ2v) is 4.52. The van der Waals surface area contributed by atoms with Gasteiger partial charge >= 0.3 is 18.1 Å². The van der Waals surface area contributed by atoms with Crippen molar-refractivity contribution >= 4 is 11.9 Å². The first kappa shape index (κ1) is 18.0. The zero-order chi connectivity index (χ0) is 16.8. The lowest BCUT2D eigenvalue weighted by atomic mass is 10.1. The number of esters is 1. The maximum absolute atomic E-state index is 11.3. The number of nitrogens with zero attached hydrogens (tertiary/aromatic N) is 1. The molecular formula is C13H17F3N2O4. The summed E-state index contributed by atoms with van der Waals surface area (Å²) < 4.78 is 38.6. The quantitative estimate of drug-likeness (QED) is 0.821. The van der Waals surface area contributed by atoms with Crippen molar-refractivity contribution in [1.82, 2.24) is 9.88 Å². The van der Waals surface area contributed by atoms with Crippen molar-refractivity contribution in [1.29, 1.82) is 0 Å². The Bertz CT molecular complexity index is 502. The Kier molecular flexibility index (Phi) is 6.41. The van der Waals surface area contributed by atoms with E-state index in [1.807, 2.05) is 23.9 Å². The van der Waals surface area contributed by atoms with Gasteiger partial charge in [0.25, 0.3) is 0 Å². The number of hydrogen-bond donors (Lipinski definition) is 2. The van der Waals surface area contributed by atoms with Crippen LogP contribution >= 0.6 is 0 Å². The van der Waals surface area contributed by atoms with E-state index < -0.39 is 12.1 Å². The molecule has 1 aromatic heterocycles. The third kappa shape index (κ3) is 5.76. The number of carbonyl (C=O) groups excluding carboxylic acids is 1. The Balaban J connectivity index is 0.000000295. The zero-order valence-corrected chi connectivity index (χ0v) is 11.9. The van der Waals surface area contributed by atoms with Gasteiger partial charge in [-0.1, -0.05) is 0 Å². The first-order valence-corrected chi connectivity index (χ1v) is 6.58. The molecular weight excluding hydrogens is 305 g/mol. The summed E-state index contributed by atoms with van der Waals surface area (Å²) in [6.45, 7) is 4.52. The number of hydrogen-bond acceptors (Lipinski definition) is 4. The van der Waals surface area contributed by atoms with Crippen LogP contribution in [0.3, 0.4) is 0 Å². The summed E-state index contributed by atoms with van der Waals surface area (Å²) in [5, 5.41) is 10.4. The van der Waals surface area contributed by atoms with Gasteiger partial charge in [0.1, 0.15) is 6.54 Å². The molecule has 0 unspecified atom stereocenters. The van der Waals surface area contributed by atoms with Gasteiger partial charge in [-0.3, -0.25) is 4.79 Å². The number of halogens is 3. The van der Waals surface area contributed by atoms with Crippen LogP contribution in [0.2, 0.25) is 0 Å². The Morgan fingerprint density at radius 2 is 1.95 bits per heavy atom. The predicted octanol–water partition coefficient (Wildman–Crippen LogP) is 1.33. The highest BCUT2D eigenvalue weighted by Gasteiger charge is 2.38. The minimum absolute atomic E-state index is 0.169. The third-order valence-corrected chi connectivity index (χ3v) is 2.80. The van der Waals surface area contributed by atoms with Gasteiger partial charge < -0.3 is 19.7 Å². The molecule has 1 aliphatic heterocycles. The molecule has 0 radical (unpaired) electrons. The Morgan fingerprint density at radius 1 is 1.36 bits per heavy atom. The molecule has 9 heteroatoms. The molecule has 0 aliphatic carbocycles. The molecule has 0 bridgehead atoms. The molecule has 0 spiro atoms. The van der Waals surface area contributed by atoms with E-state index in [0.717, 1.165) is 19.5 Å². The van der Waals surface area contributed by atoms with Crippen LogP contribution in [-0.2, 0) is 33.8 Å². The van der Waals surface area contributed by atoms with E-state index in [9.17, 15) is 18.0 Å². The summed E-state index contributed by atoms with van der Waals surface area (Å²) in [4.78, 5) is 20.2. The number of nitrogens with one attached hydrogen (secondary N) is 1. The molecule has 1 aliphatic rings. The number of fused-ring (bicyclic) bond motifs is 1. The van der Waals surface area contributed by atoms with E-state index in [1.54, 1.807) is 0 Å². The summed E-state index contributed by atoms with van der Waals surface area (Å²) in [5.41, 5.74) is 2.64. The van der Waals surface area contributed by atoms with Gasteiger partial charge in [0.15, 0.2) is 0 Å². The van der Waals surface area contributed by atoms with Crippen LogP contribution in [0.4, 0.5) is 13.2 Å². The molecule has 2 heterocycles. The number of aliphatic carboxylic acids is 1. The summed E-state index contributed by atoms with van der Waals surface area (Å²) in [6, 6.07) is 0. The number of ether oxygens (including phenoxy) is 1. The van der Waals surface area contributed by atoms with Crippen LogP contribution in [0, 0.1) is 0 Å². The first-order chi connectivity index (χ1) is 10.2. The fraction of sp³-hybridized carbons (Fsp3) is 0.538. The van der Waals surface area contributed by atoms with Crippen molar-refractivity contribution in [2.45, 2.75) is 32.6 Å². The third-order valence-electron chi connectivity index (χ3n) is 2.80. The van der Waals surface area contributed by atoms with Gasteiger partial charge in [0, 0.05) is 18.9 Å². The second kappa shape index (κ2) is 7.83.